The Morgan fingerprint density at radius 2 is 1.88 bits per heavy atom. The number of nitrogens with zero attached hydrogens (tertiary/aromatic N) is 4. The molecule has 4 aromatic rings. The van der Waals surface area contributed by atoms with Crippen molar-refractivity contribution in [1.82, 2.24) is 19.7 Å². The predicted octanol–water partition coefficient (Wildman–Crippen LogP) is 3.84. The third-order valence-electron chi connectivity index (χ3n) is 4.00. The van der Waals surface area contributed by atoms with Crippen LogP contribution < -0.4 is 10.3 Å². The molecule has 0 N–H and O–H groups in total. The second kappa shape index (κ2) is 6.57. The van der Waals surface area contributed by atoms with Gasteiger partial charge in [0.05, 0.1) is 16.7 Å². The minimum atomic E-state index is -0.282. The molecule has 0 fully saturated rings. The van der Waals surface area contributed by atoms with E-state index in [1.54, 1.807) is 49.9 Å². The van der Waals surface area contributed by atoms with Crippen LogP contribution in [0, 0.1) is 0 Å². The molecule has 0 aliphatic heterocycles. The third kappa shape index (κ3) is 2.80. The number of pyridine rings is 2. The SMILES string of the molecule is Cn1c(=O)c(Oc2ccncc2)cc2cnnc(-c3ccccc3Cl)c21. The molecule has 0 atom stereocenters. The Bertz CT molecular complexity index is 1160. The fourth-order valence-electron chi connectivity index (χ4n) is 2.76. The zero-order valence-electron chi connectivity index (χ0n) is 13.8. The highest BCUT2D eigenvalue weighted by atomic mass is 35.5. The van der Waals surface area contributed by atoms with Crippen molar-refractivity contribution in [3.05, 3.63) is 76.4 Å². The van der Waals surface area contributed by atoms with E-state index in [2.05, 4.69) is 15.2 Å². The average Bonchev–Trinajstić information content (AvgIpc) is 2.67. The van der Waals surface area contributed by atoms with Crippen LogP contribution in [0.1, 0.15) is 0 Å². The first-order valence-corrected chi connectivity index (χ1v) is 8.21. The Kier molecular flexibility index (Phi) is 4.10. The van der Waals surface area contributed by atoms with Gasteiger partial charge in [-0.25, -0.2) is 0 Å². The molecular weight excluding hydrogens is 352 g/mol. The number of benzene rings is 1. The summed E-state index contributed by atoms with van der Waals surface area (Å²) in [5.41, 5.74) is 1.61. The van der Waals surface area contributed by atoms with Gasteiger partial charge in [0.25, 0.3) is 5.56 Å². The summed E-state index contributed by atoms with van der Waals surface area (Å²) in [6.07, 6.45) is 4.79. The van der Waals surface area contributed by atoms with Gasteiger partial charge in [0.2, 0.25) is 0 Å². The van der Waals surface area contributed by atoms with Crippen molar-refractivity contribution < 1.29 is 4.74 Å². The van der Waals surface area contributed by atoms with E-state index in [-0.39, 0.29) is 11.3 Å². The number of halogens is 1. The van der Waals surface area contributed by atoms with Crippen molar-refractivity contribution in [2.45, 2.75) is 0 Å². The van der Waals surface area contributed by atoms with Gasteiger partial charge in [0, 0.05) is 30.4 Å². The van der Waals surface area contributed by atoms with Crippen LogP contribution >= 0.6 is 11.6 Å². The molecule has 0 radical (unpaired) electrons. The number of hydrogen-bond donors (Lipinski definition) is 0. The molecule has 26 heavy (non-hydrogen) atoms. The number of ether oxygens (including phenoxy) is 1. The van der Waals surface area contributed by atoms with E-state index < -0.39 is 0 Å². The normalized spacial score (nSPS) is 10.8. The zero-order valence-corrected chi connectivity index (χ0v) is 14.5. The highest BCUT2D eigenvalue weighted by molar-refractivity contribution is 6.33. The zero-order chi connectivity index (χ0) is 18.1. The van der Waals surface area contributed by atoms with Gasteiger partial charge in [0.1, 0.15) is 11.4 Å². The van der Waals surface area contributed by atoms with Crippen LogP contribution in [0.15, 0.2) is 65.8 Å². The van der Waals surface area contributed by atoms with Crippen LogP contribution in [0.3, 0.4) is 0 Å². The molecule has 7 heteroatoms. The van der Waals surface area contributed by atoms with Crippen molar-refractivity contribution in [3.8, 4) is 22.8 Å². The minimum absolute atomic E-state index is 0.198. The average molecular weight is 365 g/mol. The lowest BCUT2D eigenvalue weighted by atomic mass is 10.1. The summed E-state index contributed by atoms with van der Waals surface area (Å²) in [4.78, 5) is 16.7. The van der Waals surface area contributed by atoms with Crippen molar-refractivity contribution in [3.63, 3.8) is 0 Å². The van der Waals surface area contributed by atoms with E-state index in [0.717, 1.165) is 5.39 Å². The lowest BCUT2D eigenvalue weighted by Gasteiger charge is -2.12. The van der Waals surface area contributed by atoms with Crippen molar-refractivity contribution in [2.75, 3.05) is 0 Å². The molecule has 0 bridgehead atoms. The Morgan fingerprint density at radius 3 is 2.65 bits per heavy atom. The molecular formula is C19H13ClN4O2. The van der Waals surface area contributed by atoms with Gasteiger partial charge in [0.15, 0.2) is 5.75 Å². The fraction of sp³-hybridized carbons (Fsp3) is 0.0526. The molecule has 0 aliphatic carbocycles. The van der Waals surface area contributed by atoms with Crippen LogP contribution in [0.5, 0.6) is 11.5 Å². The van der Waals surface area contributed by atoms with Gasteiger partial charge < -0.3 is 9.30 Å². The Hall–Kier alpha value is -3.25. The maximum atomic E-state index is 12.8. The molecule has 1 aromatic carbocycles. The Labute approximate surface area is 153 Å². The molecule has 3 aromatic heterocycles. The van der Waals surface area contributed by atoms with Crippen molar-refractivity contribution in [1.29, 1.82) is 0 Å². The summed E-state index contributed by atoms with van der Waals surface area (Å²) >= 11 is 6.30. The highest BCUT2D eigenvalue weighted by Crippen LogP contribution is 2.31. The number of fused-ring (bicyclic) bond motifs is 1. The van der Waals surface area contributed by atoms with Crippen LogP contribution in [0.25, 0.3) is 22.2 Å². The molecule has 0 aliphatic rings. The maximum absolute atomic E-state index is 12.8. The van der Waals surface area contributed by atoms with Crippen molar-refractivity contribution >= 4 is 22.5 Å². The Morgan fingerprint density at radius 1 is 1.12 bits per heavy atom. The fourth-order valence-corrected chi connectivity index (χ4v) is 2.99. The molecule has 0 unspecified atom stereocenters. The molecule has 3 heterocycles. The first kappa shape index (κ1) is 16.2. The lowest BCUT2D eigenvalue weighted by molar-refractivity contribution is 0.471. The van der Waals surface area contributed by atoms with Gasteiger partial charge in [-0.15, -0.1) is 5.10 Å². The summed E-state index contributed by atoms with van der Waals surface area (Å²) in [5.74, 6) is 0.731. The number of hydrogen-bond acceptors (Lipinski definition) is 5. The number of aryl methyl sites for hydroxylation is 1. The summed E-state index contributed by atoms with van der Waals surface area (Å²) in [5, 5.41) is 9.53. The second-order valence-corrected chi connectivity index (χ2v) is 6.04. The van der Waals surface area contributed by atoms with Crippen molar-refractivity contribution in [2.24, 2.45) is 7.05 Å². The van der Waals surface area contributed by atoms with Gasteiger partial charge in [-0.1, -0.05) is 29.8 Å². The number of aromatic nitrogens is 4. The Balaban J connectivity index is 1.93. The van der Waals surface area contributed by atoms with Crippen LogP contribution in [-0.4, -0.2) is 19.7 Å². The quantitative estimate of drug-likeness (QED) is 0.552. The minimum Gasteiger partial charge on any atom is -0.451 e. The summed E-state index contributed by atoms with van der Waals surface area (Å²) in [7, 11) is 1.67. The van der Waals surface area contributed by atoms with E-state index >= 15 is 0 Å². The first-order valence-electron chi connectivity index (χ1n) is 7.83. The van der Waals surface area contributed by atoms with E-state index in [1.807, 2.05) is 18.2 Å². The molecule has 6 nitrogen and oxygen atoms in total. The van der Waals surface area contributed by atoms with Gasteiger partial charge in [-0.3, -0.25) is 9.78 Å². The van der Waals surface area contributed by atoms with Gasteiger partial charge >= 0.3 is 0 Å². The summed E-state index contributed by atoms with van der Waals surface area (Å²) in [6.45, 7) is 0. The van der Waals surface area contributed by atoms with Gasteiger partial charge in [-0.05, 0) is 24.3 Å². The number of rotatable bonds is 3. The van der Waals surface area contributed by atoms with Gasteiger partial charge in [-0.2, -0.15) is 5.10 Å². The first-order chi connectivity index (χ1) is 12.6. The van der Waals surface area contributed by atoms with E-state index in [1.165, 1.54) is 4.57 Å². The summed E-state index contributed by atoms with van der Waals surface area (Å²) in [6, 6.07) is 12.3. The molecule has 0 spiro atoms. The van der Waals surface area contributed by atoms with E-state index in [4.69, 9.17) is 16.3 Å². The smallest absolute Gasteiger partial charge is 0.293 e. The molecule has 0 saturated carbocycles. The van der Waals surface area contributed by atoms with Crippen LogP contribution in [0.4, 0.5) is 0 Å². The molecule has 0 saturated heterocycles. The summed E-state index contributed by atoms with van der Waals surface area (Å²) < 4.78 is 7.22. The van der Waals surface area contributed by atoms with E-state index in [0.29, 0.717) is 27.5 Å². The molecule has 4 rings (SSSR count). The predicted molar refractivity (Wildman–Crippen MR) is 99.5 cm³/mol. The van der Waals surface area contributed by atoms with Crippen LogP contribution in [-0.2, 0) is 7.05 Å². The third-order valence-corrected chi connectivity index (χ3v) is 4.33. The van der Waals surface area contributed by atoms with E-state index in [9.17, 15) is 4.79 Å². The maximum Gasteiger partial charge on any atom is 0.293 e. The molecule has 128 valence electrons. The lowest BCUT2D eigenvalue weighted by Crippen LogP contribution is -2.19. The standard InChI is InChI=1S/C19H13ClN4O2/c1-24-18-12(10-16(19(24)25)26-13-6-8-21-9-7-13)11-22-23-17(18)14-4-2-3-5-15(14)20/h2-11H,1H3. The topological polar surface area (TPSA) is 69.9 Å². The monoisotopic (exact) mass is 364 g/mol. The molecule has 0 amide bonds. The van der Waals surface area contributed by atoms with Crippen LogP contribution in [0.2, 0.25) is 5.02 Å². The second-order valence-electron chi connectivity index (χ2n) is 5.63. The highest BCUT2D eigenvalue weighted by Gasteiger charge is 2.16. The largest absolute Gasteiger partial charge is 0.451 e.